The van der Waals surface area contributed by atoms with E-state index in [2.05, 4.69) is 5.32 Å². The van der Waals surface area contributed by atoms with Crippen molar-refractivity contribution in [3.8, 4) is 0 Å². The Morgan fingerprint density at radius 1 is 0.969 bits per heavy atom. The Morgan fingerprint density at radius 3 is 2.38 bits per heavy atom. The highest BCUT2D eigenvalue weighted by molar-refractivity contribution is 7.91. The Bertz CT molecular complexity index is 1360. The van der Waals surface area contributed by atoms with Crippen LogP contribution in [0.5, 0.6) is 0 Å². The first kappa shape index (κ1) is 22.0. The number of nitrogens with one attached hydrogen (secondary N) is 1. The zero-order valence-corrected chi connectivity index (χ0v) is 18.5. The molecule has 0 radical (unpaired) electrons. The highest BCUT2D eigenvalue weighted by Crippen LogP contribution is 2.30. The summed E-state index contributed by atoms with van der Waals surface area (Å²) in [5.74, 6) is -0.551. The first-order valence-corrected chi connectivity index (χ1v) is 11.8. The summed E-state index contributed by atoms with van der Waals surface area (Å²) in [5, 5.41) is 3.82. The van der Waals surface area contributed by atoms with Gasteiger partial charge in [-0.3, -0.25) is 4.79 Å². The van der Waals surface area contributed by atoms with Crippen molar-refractivity contribution < 1.29 is 17.6 Å². The van der Waals surface area contributed by atoms with Crippen molar-refractivity contribution in [1.82, 2.24) is 9.88 Å². The van der Waals surface area contributed by atoms with Gasteiger partial charge in [-0.1, -0.05) is 41.9 Å². The van der Waals surface area contributed by atoms with Crippen molar-refractivity contribution in [3.63, 3.8) is 0 Å². The second-order valence-corrected chi connectivity index (χ2v) is 9.68. The van der Waals surface area contributed by atoms with E-state index in [1.807, 2.05) is 0 Å². The summed E-state index contributed by atoms with van der Waals surface area (Å²) in [5.41, 5.74) is 1.56. The number of hydrogen-bond acceptors (Lipinski definition) is 3. The van der Waals surface area contributed by atoms with E-state index in [0.29, 0.717) is 28.9 Å². The van der Waals surface area contributed by atoms with Crippen molar-refractivity contribution in [3.05, 3.63) is 95.4 Å². The normalized spacial score (nSPS) is 11.6. The molecule has 0 bridgehead atoms. The monoisotopic (exact) mass is 470 g/mol. The number of fused-ring (bicyclic) bond motifs is 1. The predicted molar refractivity (Wildman–Crippen MR) is 122 cm³/mol. The summed E-state index contributed by atoms with van der Waals surface area (Å²) >= 11 is 5.89. The van der Waals surface area contributed by atoms with Crippen LogP contribution in [0.4, 0.5) is 4.39 Å². The molecule has 0 aliphatic heterocycles. The van der Waals surface area contributed by atoms with Crippen LogP contribution < -0.4 is 5.32 Å². The van der Waals surface area contributed by atoms with Crippen molar-refractivity contribution in [2.45, 2.75) is 22.8 Å². The smallest absolute Gasteiger partial charge is 0.239 e. The van der Waals surface area contributed by atoms with E-state index in [1.54, 1.807) is 41.0 Å². The highest BCUT2D eigenvalue weighted by atomic mass is 35.5. The van der Waals surface area contributed by atoms with Crippen LogP contribution in [0.15, 0.2) is 88.8 Å². The van der Waals surface area contributed by atoms with Crippen LogP contribution in [-0.4, -0.2) is 25.4 Å². The Hall–Kier alpha value is -3.16. The van der Waals surface area contributed by atoms with Gasteiger partial charge in [0.1, 0.15) is 12.4 Å². The number of amides is 1. The predicted octanol–water partition coefficient (Wildman–Crippen LogP) is 4.63. The van der Waals surface area contributed by atoms with Gasteiger partial charge in [0.2, 0.25) is 15.7 Å². The third-order valence-electron chi connectivity index (χ3n) is 5.13. The van der Waals surface area contributed by atoms with Gasteiger partial charge in [-0.05, 0) is 54.4 Å². The lowest BCUT2D eigenvalue weighted by atomic mass is 10.1. The molecule has 1 amide bonds. The van der Waals surface area contributed by atoms with E-state index in [0.717, 1.165) is 5.56 Å². The molecular formula is C24H20ClFN2O3S. The number of rotatable bonds is 7. The van der Waals surface area contributed by atoms with Gasteiger partial charge in [0.15, 0.2) is 0 Å². The zero-order chi connectivity index (χ0) is 22.7. The molecule has 0 saturated carbocycles. The molecular weight excluding hydrogens is 451 g/mol. The minimum Gasteiger partial charge on any atom is -0.354 e. The summed E-state index contributed by atoms with van der Waals surface area (Å²) in [6.07, 6.45) is 2.06. The third kappa shape index (κ3) is 4.69. The molecule has 0 saturated heterocycles. The van der Waals surface area contributed by atoms with Gasteiger partial charge < -0.3 is 9.88 Å². The van der Waals surface area contributed by atoms with Crippen LogP contribution in [0.3, 0.4) is 0 Å². The Balaban J connectivity index is 1.54. The molecule has 0 aliphatic carbocycles. The fourth-order valence-electron chi connectivity index (χ4n) is 3.51. The first-order valence-electron chi connectivity index (χ1n) is 9.94. The third-order valence-corrected chi connectivity index (χ3v) is 7.18. The molecule has 32 heavy (non-hydrogen) atoms. The highest BCUT2D eigenvalue weighted by Gasteiger charge is 2.23. The fourth-order valence-corrected chi connectivity index (χ4v) is 5.11. The average Bonchev–Trinajstić information content (AvgIpc) is 3.15. The van der Waals surface area contributed by atoms with E-state index in [4.69, 9.17) is 11.6 Å². The minimum absolute atomic E-state index is 0.0277. The average molecular weight is 471 g/mol. The van der Waals surface area contributed by atoms with E-state index < -0.39 is 9.84 Å². The number of hydrogen-bond donors (Lipinski definition) is 1. The van der Waals surface area contributed by atoms with Crippen molar-refractivity contribution >= 4 is 38.2 Å². The van der Waals surface area contributed by atoms with Gasteiger partial charge in [-0.15, -0.1) is 0 Å². The number of para-hydroxylation sites is 1. The molecule has 1 aromatic heterocycles. The van der Waals surface area contributed by atoms with Gasteiger partial charge in [-0.2, -0.15) is 0 Å². The number of halogens is 2. The molecule has 0 aliphatic rings. The molecule has 1 N–H and O–H groups in total. The van der Waals surface area contributed by atoms with Gasteiger partial charge in [0.05, 0.1) is 9.79 Å². The summed E-state index contributed by atoms with van der Waals surface area (Å²) in [6, 6.07) is 19.2. The van der Waals surface area contributed by atoms with Crippen LogP contribution in [-0.2, 0) is 27.6 Å². The van der Waals surface area contributed by atoms with E-state index in [9.17, 15) is 17.6 Å². The Morgan fingerprint density at radius 2 is 1.66 bits per heavy atom. The molecule has 0 unspecified atom stereocenters. The number of carbonyl (C=O) groups is 1. The van der Waals surface area contributed by atoms with Gasteiger partial charge in [0, 0.05) is 28.7 Å². The fraction of sp³-hybridized carbons (Fsp3) is 0.125. The SMILES string of the molecule is O=C(Cn1cc(S(=O)(=O)c2ccc(Cl)cc2)c2ccccc21)NCCc1ccc(F)cc1. The van der Waals surface area contributed by atoms with E-state index >= 15 is 0 Å². The van der Waals surface area contributed by atoms with Crippen molar-refractivity contribution in [1.29, 1.82) is 0 Å². The second kappa shape index (κ2) is 9.14. The maximum Gasteiger partial charge on any atom is 0.239 e. The Labute approximate surface area is 190 Å². The lowest BCUT2D eigenvalue weighted by molar-refractivity contribution is -0.121. The minimum atomic E-state index is -3.80. The Kier molecular flexibility index (Phi) is 6.30. The number of sulfone groups is 1. The molecule has 5 nitrogen and oxygen atoms in total. The molecule has 164 valence electrons. The van der Waals surface area contributed by atoms with Crippen LogP contribution >= 0.6 is 11.6 Å². The summed E-state index contributed by atoms with van der Waals surface area (Å²) in [7, 11) is -3.80. The van der Waals surface area contributed by atoms with Gasteiger partial charge in [-0.25, -0.2) is 12.8 Å². The lowest BCUT2D eigenvalue weighted by Crippen LogP contribution is -2.29. The van der Waals surface area contributed by atoms with Gasteiger partial charge >= 0.3 is 0 Å². The van der Waals surface area contributed by atoms with E-state index in [-0.39, 0.29) is 28.1 Å². The van der Waals surface area contributed by atoms with Crippen molar-refractivity contribution in [2.75, 3.05) is 6.54 Å². The van der Waals surface area contributed by atoms with Crippen LogP contribution in [0.25, 0.3) is 10.9 Å². The zero-order valence-electron chi connectivity index (χ0n) is 17.0. The largest absolute Gasteiger partial charge is 0.354 e. The maximum atomic E-state index is 13.2. The van der Waals surface area contributed by atoms with E-state index in [1.165, 1.54) is 42.6 Å². The standard InChI is InChI=1S/C24H20ClFN2O3S/c25-18-7-11-20(12-8-18)32(30,31)23-15-28(22-4-2-1-3-21(22)23)16-24(29)27-14-13-17-5-9-19(26)10-6-17/h1-12,15H,13-14,16H2,(H,27,29). The molecule has 4 rings (SSSR count). The number of nitrogens with zero attached hydrogens (tertiary/aromatic N) is 1. The quantitative estimate of drug-likeness (QED) is 0.428. The first-order chi connectivity index (χ1) is 15.3. The molecule has 1 heterocycles. The summed E-state index contributed by atoms with van der Waals surface area (Å²) < 4.78 is 41.1. The number of aromatic nitrogens is 1. The van der Waals surface area contributed by atoms with Crippen LogP contribution in [0.2, 0.25) is 5.02 Å². The van der Waals surface area contributed by atoms with Crippen LogP contribution in [0.1, 0.15) is 5.56 Å². The summed E-state index contributed by atoms with van der Waals surface area (Å²) in [4.78, 5) is 12.8. The molecule has 0 fully saturated rings. The molecule has 0 atom stereocenters. The summed E-state index contributed by atoms with van der Waals surface area (Å²) in [6.45, 7) is 0.361. The van der Waals surface area contributed by atoms with Gasteiger partial charge in [0.25, 0.3) is 0 Å². The lowest BCUT2D eigenvalue weighted by Gasteiger charge is -2.07. The van der Waals surface area contributed by atoms with Crippen LogP contribution in [0, 0.1) is 5.82 Å². The number of benzene rings is 3. The molecule has 8 heteroatoms. The topological polar surface area (TPSA) is 68.2 Å². The maximum absolute atomic E-state index is 13.2. The van der Waals surface area contributed by atoms with Crippen molar-refractivity contribution in [2.24, 2.45) is 0 Å². The second-order valence-electron chi connectivity index (χ2n) is 7.32. The molecule has 3 aromatic carbocycles. The molecule has 0 spiro atoms. The number of carbonyl (C=O) groups excluding carboxylic acids is 1. The molecule has 4 aromatic rings.